The average Bonchev–Trinajstić information content (AvgIpc) is 1.97. The van der Waals surface area contributed by atoms with Gasteiger partial charge in [0, 0.05) is 5.92 Å². The van der Waals surface area contributed by atoms with Crippen molar-refractivity contribution in [1.82, 2.24) is 4.90 Å². The average molecular weight is 185 g/mol. The van der Waals surface area contributed by atoms with Gasteiger partial charge in [-0.2, -0.15) is 0 Å². The van der Waals surface area contributed by atoms with Gasteiger partial charge in [0.2, 0.25) is 0 Å². The molecule has 0 spiro atoms. The van der Waals surface area contributed by atoms with Crippen LogP contribution in [-0.4, -0.2) is 30.8 Å². The summed E-state index contributed by atoms with van der Waals surface area (Å²) in [6, 6.07) is 0.0972. The number of carbonyl (C=O) groups excluding carboxylic acids is 1. The molecule has 0 unspecified atom stereocenters. The third kappa shape index (κ3) is 4.41. The second kappa shape index (κ2) is 5.38. The summed E-state index contributed by atoms with van der Waals surface area (Å²) in [6.07, 6.45) is 0.962. The molecule has 0 aliphatic heterocycles. The predicted molar refractivity (Wildman–Crippen MR) is 56.8 cm³/mol. The topological polar surface area (TPSA) is 20.3 Å². The molecule has 0 aromatic heterocycles. The van der Waals surface area contributed by atoms with E-state index in [2.05, 4.69) is 13.8 Å². The first-order valence-corrected chi connectivity index (χ1v) is 5.06. The SMILES string of the molecule is CC(C)C[C@H](C(=O)C(C)C)N(C)C. The molecule has 0 aliphatic rings. The molecule has 0 aliphatic carbocycles. The molecule has 0 saturated heterocycles. The first-order valence-electron chi connectivity index (χ1n) is 5.06. The summed E-state index contributed by atoms with van der Waals surface area (Å²) in [5.41, 5.74) is 0. The Bertz CT molecular complexity index is 161. The number of carbonyl (C=O) groups is 1. The third-order valence-corrected chi connectivity index (χ3v) is 2.22. The molecule has 0 aromatic rings. The second-order valence-corrected chi connectivity index (χ2v) is 4.67. The van der Waals surface area contributed by atoms with Crippen LogP contribution in [-0.2, 0) is 4.79 Å². The molecule has 0 N–H and O–H groups in total. The summed E-state index contributed by atoms with van der Waals surface area (Å²) < 4.78 is 0. The Kier molecular flexibility index (Phi) is 5.23. The Morgan fingerprint density at radius 1 is 1.15 bits per heavy atom. The molecular formula is C11H23NO. The predicted octanol–water partition coefficient (Wildman–Crippen LogP) is 2.19. The standard InChI is InChI=1S/C11H23NO/c1-8(2)7-10(12(5)6)11(13)9(3)4/h8-10H,7H2,1-6H3/t10-/m1/s1. The van der Waals surface area contributed by atoms with Gasteiger partial charge in [-0.15, -0.1) is 0 Å². The molecule has 0 rings (SSSR count). The van der Waals surface area contributed by atoms with Crippen molar-refractivity contribution in [1.29, 1.82) is 0 Å². The zero-order valence-electron chi connectivity index (χ0n) is 9.79. The second-order valence-electron chi connectivity index (χ2n) is 4.67. The molecule has 0 fully saturated rings. The van der Waals surface area contributed by atoms with E-state index in [9.17, 15) is 4.79 Å². The summed E-state index contributed by atoms with van der Waals surface area (Å²) in [5.74, 6) is 1.08. The van der Waals surface area contributed by atoms with E-state index < -0.39 is 0 Å². The van der Waals surface area contributed by atoms with Crippen molar-refractivity contribution in [3.8, 4) is 0 Å². The lowest BCUT2D eigenvalue weighted by atomic mass is 9.93. The highest BCUT2D eigenvalue weighted by molar-refractivity contribution is 5.85. The van der Waals surface area contributed by atoms with E-state index >= 15 is 0 Å². The zero-order valence-corrected chi connectivity index (χ0v) is 9.79. The van der Waals surface area contributed by atoms with E-state index in [-0.39, 0.29) is 12.0 Å². The number of nitrogens with zero attached hydrogens (tertiary/aromatic N) is 1. The number of hydrogen-bond acceptors (Lipinski definition) is 2. The highest BCUT2D eigenvalue weighted by Gasteiger charge is 2.23. The van der Waals surface area contributed by atoms with E-state index in [1.54, 1.807) is 0 Å². The van der Waals surface area contributed by atoms with E-state index in [0.717, 1.165) is 6.42 Å². The monoisotopic (exact) mass is 185 g/mol. The van der Waals surface area contributed by atoms with Crippen LogP contribution >= 0.6 is 0 Å². The van der Waals surface area contributed by atoms with Gasteiger partial charge in [-0.1, -0.05) is 27.7 Å². The Morgan fingerprint density at radius 3 is 1.85 bits per heavy atom. The van der Waals surface area contributed by atoms with Crippen LogP contribution < -0.4 is 0 Å². The van der Waals surface area contributed by atoms with Crippen LogP contribution in [0.2, 0.25) is 0 Å². The van der Waals surface area contributed by atoms with E-state index in [4.69, 9.17) is 0 Å². The maximum Gasteiger partial charge on any atom is 0.152 e. The van der Waals surface area contributed by atoms with Gasteiger partial charge >= 0.3 is 0 Å². The minimum atomic E-state index is 0.0972. The van der Waals surface area contributed by atoms with Crippen LogP contribution in [0.25, 0.3) is 0 Å². The smallest absolute Gasteiger partial charge is 0.152 e. The summed E-state index contributed by atoms with van der Waals surface area (Å²) in [5, 5.41) is 0. The summed E-state index contributed by atoms with van der Waals surface area (Å²) in [7, 11) is 3.96. The molecule has 13 heavy (non-hydrogen) atoms. The van der Waals surface area contributed by atoms with Crippen molar-refractivity contribution >= 4 is 5.78 Å². The van der Waals surface area contributed by atoms with E-state index in [1.807, 2.05) is 32.8 Å². The van der Waals surface area contributed by atoms with Gasteiger partial charge < -0.3 is 0 Å². The first-order chi connectivity index (χ1) is 5.86. The fourth-order valence-electron chi connectivity index (χ4n) is 1.41. The van der Waals surface area contributed by atoms with Gasteiger partial charge in [-0.3, -0.25) is 9.69 Å². The summed E-state index contributed by atoms with van der Waals surface area (Å²) in [6.45, 7) is 8.26. The van der Waals surface area contributed by atoms with Gasteiger partial charge in [0.05, 0.1) is 6.04 Å². The molecule has 0 radical (unpaired) electrons. The minimum absolute atomic E-state index is 0.0972. The molecule has 0 saturated carbocycles. The molecule has 0 amide bonds. The van der Waals surface area contributed by atoms with Crippen molar-refractivity contribution in [2.45, 2.75) is 40.2 Å². The Hall–Kier alpha value is -0.370. The maximum absolute atomic E-state index is 11.8. The molecule has 0 heterocycles. The van der Waals surface area contributed by atoms with Crippen LogP contribution in [0.1, 0.15) is 34.1 Å². The van der Waals surface area contributed by atoms with Crippen molar-refractivity contribution in [2.24, 2.45) is 11.8 Å². The molecule has 0 bridgehead atoms. The minimum Gasteiger partial charge on any atom is -0.300 e. The van der Waals surface area contributed by atoms with Crippen LogP contribution in [0.3, 0.4) is 0 Å². The fraction of sp³-hybridized carbons (Fsp3) is 0.909. The summed E-state index contributed by atoms with van der Waals surface area (Å²) >= 11 is 0. The molecule has 1 atom stereocenters. The van der Waals surface area contributed by atoms with Gasteiger partial charge in [0.15, 0.2) is 5.78 Å². The number of ketones is 1. The number of Topliss-reactive ketones (excluding diaryl/α,β-unsaturated/α-hetero) is 1. The molecule has 78 valence electrons. The summed E-state index contributed by atoms with van der Waals surface area (Å²) in [4.78, 5) is 13.8. The highest BCUT2D eigenvalue weighted by Crippen LogP contribution is 2.13. The third-order valence-electron chi connectivity index (χ3n) is 2.22. The van der Waals surface area contributed by atoms with Crippen molar-refractivity contribution < 1.29 is 4.79 Å². The maximum atomic E-state index is 11.8. The number of likely N-dealkylation sites (N-methyl/N-ethyl adjacent to an activating group) is 1. The molecular weight excluding hydrogens is 162 g/mol. The Morgan fingerprint density at radius 2 is 1.62 bits per heavy atom. The van der Waals surface area contributed by atoms with E-state index in [0.29, 0.717) is 11.7 Å². The van der Waals surface area contributed by atoms with Crippen LogP contribution in [0.5, 0.6) is 0 Å². The quantitative estimate of drug-likeness (QED) is 0.654. The van der Waals surface area contributed by atoms with Crippen molar-refractivity contribution in [2.75, 3.05) is 14.1 Å². The van der Waals surface area contributed by atoms with Crippen molar-refractivity contribution in [3.05, 3.63) is 0 Å². The van der Waals surface area contributed by atoms with Crippen LogP contribution in [0, 0.1) is 11.8 Å². The lowest BCUT2D eigenvalue weighted by Gasteiger charge is -2.26. The van der Waals surface area contributed by atoms with Gasteiger partial charge in [-0.05, 0) is 26.4 Å². The largest absolute Gasteiger partial charge is 0.300 e. The molecule has 2 heteroatoms. The van der Waals surface area contributed by atoms with E-state index in [1.165, 1.54) is 0 Å². The van der Waals surface area contributed by atoms with Crippen LogP contribution in [0.4, 0.5) is 0 Å². The molecule has 2 nitrogen and oxygen atoms in total. The zero-order chi connectivity index (χ0) is 10.6. The van der Waals surface area contributed by atoms with Crippen LogP contribution in [0.15, 0.2) is 0 Å². The Balaban J connectivity index is 4.33. The number of rotatable bonds is 5. The van der Waals surface area contributed by atoms with Crippen molar-refractivity contribution in [3.63, 3.8) is 0 Å². The van der Waals surface area contributed by atoms with Gasteiger partial charge in [0.1, 0.15) is 0 Å². The number of hydrogen-bond donors (Lipinski definition) is 0. The first kappa shape index (κ1) is 12.6. The lowest BCUT2D eigenvalue weighted by molar-refractivity contribution is -0.126. The van der Waals surface area contributed by atoms with Gasteiger partial charge in [-0.25, -0.2) is 0 Å². The van der Waals surface area contributed by atoms with Gasteiger partial charge in [0.25, 0.3) is 0 Å². The highest BCUT2D eigenvalue weighted by atomic mass is 16.1. The normalized spacial score (nSPS) is 14.2. The lowest BCUT2D eigenvalue weighted by Crippen LogP contribution is -2.39. The fourth-order valence-corrected chi connectivity index (χ4v) is 1.41. The molecule has 0 aromatic carbocycles. The Labute approximate surface area is 82.3 Å².